The Hall–Kier alpha value is -2.58. The summed E-state index contributed by atoms with van der Waals surface area (Å²) in [7, 11) is 1.46. The summed E-state index contributed by atoms with van der Waals surface area (Å²) in [5.74, 6) is -0.565. The number of nitrogens with zero attached hydrogens (tertiary/aromatic N) is 3. The fraction of sp³-hybridized carbons (Fsp3) is 0.308. The Morgan fingerprint density at radius 2 is 2.09 bits per heavy atom. The number of urea groups is 1. The maximum Gasteiger partial charge on any atom is 0.319 e. The van der Waals surface area contributed by atoms with E-state index >= 15 is 0 Å². The van der Waals surface area contributed by atoms with Crippen LogP contribution in [0.5, 0.6) is 0 Å². The summed E-state index contributed by atoms with van der Waals surface area (Å²) in [6.07, 6.45) is -0.167. The molecule has 118 valence electrons. The Kier molecular flexibility index (Phi) is 4.64. The molecule has 2 aromatic rings. The van der Waals surface area contributed by atoms with Gasteiger partial charge in [0.1, 0.15) is 5.82 Å². The number of amides is 2. The van der Waals surface area contributed by atoms with Crippen LogP contribution in [0.4, 0.5) is 23.7 Å². The van der Waals surface area contributed by atoms with E-state index in [1.54, 1.807) is 0 Å². The van der Waals surface area contributed by atoms with Crippen molar-refractivity contribution in [1.82, 2.24) is 20.1 Å². The van der Waals surface area contributed by atoms with Crippen LogP contribution in [0.3, 0.4) is 0 Å². The molecule has 0 fully saturated rings. The van der Waals surface area contributed by atoms with Gasteiger partial charge in [0.2, 0.25) is 0 Å². The minimum Gasteiger partial charge on any atom is -0.330 e. The first-order valence-corrected chi connectivity index (χ1v) is 6.38. The molecule has 0 aliphatic rings. The number of aromatic nitrogens is 3. The van der Waals surface area contributed by atoms with Crippen LogP contribution in [0.2, 0.25) is 0 Å². The normalized spacial score (nSPS) is 12.3. The third kappa shape index (κ3) is 3.54. The van der Waals surface area contributed by atoms with Crippen LogP contribution in [0.1, 0.15) is 30.8 Å². The van der Waals surface area contributed by atoms with Gasteiger partial charge in [-0.1, -0.05) is 0 Å². The van der Waals surface area contributed by atoms with Gasteiger partial charge in [-0.05, 0) is 19.1 Å². The molecular formula is C13H14F3N5O. The highest BCUT2D eigenvalue weighted by molar-refractivity contribution is 5.90. The number of carbonyl (C=O) groups is 1. The highest BCUT2D eigenvalue weighted by Gasteiger charge is 2.20. The standard InChI is InChI=1S/C13H14F3N5O/c1-7(10-8(14)4-3-5-17-10)18-13(22)19-9-6-21(2)20-11(9)12(15)16/h3-7,12H,1-2H3,(H2,18,19,22). The average molecular weight is 313 g/mol. The second kappa shape index (κ2) is 6.46. The summed E-state index contributed by atoms with van der Waals surface area (Å²) >= 11 is 0. The topological polar surface area (TPSA) is 71.8 Å². The van der Waals surface area contributed by atoms with Crippen molar-refractivity contribution in [3.05, 3.63) is 41.7 Å². The van der Waals surface area contributed by atoms with Crippen molar-refractivity contribution >= 4 is 11.7 Å². The van der Waals surface area contributed by atoms with E-state index < -0.39 is 30.0 Å². The van der Waals surface area contributed by atoms with Crippen molar-refractivity contribution in [2.75, 3.05) is 5.32 Å². The van der Waals surface area contributed by atoms with Gasteiger partial charge < -0.3 is 10.6 Å². The van der Waals surface area contributed by atoms with Crippen LogP contribution in [0.15, 0.2) is 24.5 Å². The molecule has 9 heteroatoms. The third-order valence-corrected chi connectivity index (χ3v) is 2.86. The van der Waals surface area contributed by atoms with E-state index in [0.29, 0.717) is 0 Å². The molecule has 0 saturated carbocycles. The Morgan fingerprint density at radius 3 is 2.73 bits per heavy atom. The van der Waals surface area contributed by atoms with Crippen molar-refractivity contribution in [3.63, 3.8) is 0 Å². The SMILES string of the molecule is CC(NC(=O)Nc1cn(C)nc1C(F)F)c1ncccc1F. The van der Waals surface area contributed by atoms with Crippen molar-refractivity contribution in [3.8, 4) is 0 Å². The third-order valence-electron chi connectivity index (χ3n) is 2.86. The molecule has 0 aromatic carbocycles. The maximum absolute atomic E-state index is 13.5. The lowest BCUT2D eigenvalue weighted by atomic mass is 10.2. The number of aryl methyl sites for hydroxylation is 1. The van der Waals surface area contributed by atoms with Gasteiger partial charge in [0.05, 0.1) is 17.4 Å². The van der Waals surface area contributed by atoms with Crippen LogP contribution in [0.25, 0.3) is 0 Å². The monoisotopic (exact) mass is 313 g/mol. The van der Waals surface area contributed by atoms with Crippen LogP contribution < -0.4 is 10.6 Å². The van der Waals surface area contributed by atoms with E-state index in [9.17, 15) is 18.0 Å². The number of alkyl halides is 2. The number of hydrogen-bond acceptors (Lipinski definition) is 3. The van der Waals surface area contributed by atoms with Gasteiger partial charge in [0.25, 0.3) is 6.43 Å². The molecule has 2 N–H and O–H groups in total. The summed E-state index contributed by atoms with van der Waals surface area (Å²) in [4.78, 5) is 15.7. The largest absolute Gasteiger partial charge is 0.330 e. The zero-order valence-corrected chi connectivity index (χ0v) is 11.8. The molecule has 0 aliphatic carbocycles. The van der Waals surface area contributed by atoms with E-state index in [1.807, 2.05) is 0 Å². The van der Waals surface area contributed by atoms with Gasteiger partial charge in [0.15, 0.2) is 5.69 Å². The zero-order valence-electron chi connectivity index (χ0n) is 11.8. The molecule has 0 spiro atoms. The maximum atomic E-state index is 13.5. The second-order valence-corrected chi connectivity index (χ2v) is 4.59. The van der Waals surface area contributed by atoms with Crippen LogP contribution >= 0.6 is 0 Å². The van der Waals surface area contributed by atoms with Gasteiger partial charge in [-0.15, -0.1) is 0 Å². The number of rotatable bonds is 4. The Balaban J connectivity index is 2.06. The molecule has 1 atom stereocenters. The minimum absolute atomic E-state index is 0.0536. The van der Waals surface area contributed by atoms with E-state index in [2.05, 4.69) is 20.7 Å². The average Bonchev–Trinajstić information content (AvgIpc) is 2.79. The van der Waals surface area contributed by atoms with E-state index in [0.717, 1.165) is 0 Å². The summed E-state index contributed by atoms with van der Waals surface area (Å²) < 4.78 is 40.2. The molecule has 2 rings (SSSR count). The molecule has 0 bridgehead atoms. The molecule has 2 aromatic heterocycles. The van der Waals surface area contributed by atoms with E-state index in [-0.39, 0.29) is 11.4 Å². The zero-order chi connectivity index (χ0) is 16.3. The molecule has 6 nitrogen and oxygen atoms in total. The first kappa shape index (κ1) is 15.8. The van der Waals surface area contributed by atoms with Crippen molar-refractivity contribution in [1.29, 1.82) is 0 Å². The van der Waals surface area contributed by atoms with Crippen molar-refractivity contribution in [2.45, 2.75) is 19.4 Å². The lowest BCUT2D eigenvalue weighted by Crippen LogP contribution is -2.32. The van der Waals surface area contributed by atoms with Gasteiger partial charge in [-0.25, -0.2) is 18.0 Å². The van der Waals surface area contributed by atoms with Crippen molar-refractivity contribution in [2.24, 2.45) is 7.05 Å². The predicted molar refractivity (Wildman–Crippen MR) is 72.9 cm³/mol. The van der Waals surface area contributed by atoms with Crippen LogP contribution in [-0.4, -0.2) is 20.8 Å². The molecule has 2 heterocycles. The summed E-state index contributed by atoms with van der Waals surface area (Å²) in [5, 5.41) is 8.26. The molecule has 0 saturated heterocycles. The summed E-state index contributed by atoms with van der Waals surface area (Å²) in [6, 6.07) is 1.16. The van der Waals surface area contributed by atoms with Gasteiger partial charge in [-0.2, -0.15) is 5.10 Å². The molecule has 0 aliphatic heterocycles. The number of carbonyl (C=O) groups excluding carboxylic acids is 1. The number of hydrogen-bond donors (Lipinski definition) is 2. The van der Waals surface area contributed by atoms with E-state index in [1.165, 1.54) is 43.2 Å². The van der Waals surface area contributed by atoms with E-state index in [4.69, 9.17) is 0 Å². The fourth-order valence-electron chi connectivity index (χ4n) is 1.90. The highest BCUT2D eigenvalue weighted by atomic mass is 19.3. The fourth-order valence-corrected chi connectivity index (χ4v) is 1.90. The van der Waals surface area contributed by atoms with Crippen LogP contribution in [0, 0.1) is 5.82 Å². The molecule has 22 heavy (non-hydrogen) atoms. The number of halogens is 3. The summed E-state index contributed by atoms with van der Waals surface area (Å²) in [5.41, 5.74) is -0.587. The van der Waals surface area contributed by atoms with Gasteiger partial charge >= 0.3 is 6.03 Å². The number of anilines is 1. The predicted octanol–water partition coefficient (Wildman–Crippen LogP) is 2.77. The quantitative estimate of drug-likeness (QED) is 0.911. The Bertz CT molecular complexity index is 673. The lowest BCUT2D eigenvalue weighted by molar-refractivity contribution is 0.146. The number of nitrogens with one attached hydrogen (secondary N) is 2. The first-order valence-electron chi connectivity index (χ1n) is 6.38. The Morgan fingerprint density at radius 1 is 1.36 bits per heavy atom. The first-order chi connectivity index (χ1) is 10.4. The molecule has 1 unspecified atom stereocenters. The highest BCUT2D eigenvalue weighted by Crippen LogP contribution is 2.25. The molecule has 2 amide bonds. The van der Waals surface area contributed by atoms with Gasteiger partial charge in [0, 0.05) is 19.4 Å². The molecule has 0 radical (unpaired) electrons. The second-order valence-electron chi connectivity index (χ2n) is 4.59. The Labute approximate surface area is 124 Å². The molecular weight excluding hydrogens is 299 g/mol. The summed E-state index contributed by atoms with van der Waals surface area (Å²) in [6.45, 7) is 1.53. The minimum atomic E-state index is -2.82. The lowest BCUT2D eigenvalue weighted by Gasteiger charge is -2.14. The smallest absolute Gasteiger partial charge is 0.319 e. The number of pyridine rings is 1. The van der Waals surface area contributed by atoms with Crippen molar-refractivity contribution < 1.29 is 18.0 Å². The van der Waals surface area contributed by atoms with Crippen LogP contribution in [-0.2, 0) is 7.05 Å². The van der Waals surface area contributed by atoms with Gasteiger partial charge in [-0.3, -0.25) is 9.67 Å².